The molecule has 0 saturated heterocycles. The summed E-state index contributed by atoms with van der Waals surface area (Å²) in [6, 6.07) is 15.6. The number of carboxylic acids is 1. The summed E-state index contributed by atoms with van der Waals surface area (Å²) >= 11 is 0. The van der Waals surface area contributed by atoms with Gasteiger partial charge >= 0.3 is 12.1 Å². The molecule has 11 heteroatoms. The van der Waals surface area contributed by atoms with Crippen LogP contribution in [0.15, 0.2) is 54.9 Å². The Morgan fingerprint density at radius 2 is 1.67 bits per heavy atom. The van der Waals surface area contributed by atoms with Gasteiger partial charge in [0, 0.05) is 12.4 Å². The van der Waals surface area contributed by atoms with Crippen LogP contribution in [0, 0.1) is 0 Å². The standard InChI is InChI=1S/C17H15N5O.C2HF3O2/c1-21-14-8-4-2-6-12(14)17(20-21)19-16(23)10-22-11-18-13-7-3-5-9-15(13)22;3-2(4,5)1(6)7/h2-9,11H,10H2,1H3,(H,19,20,23);(H,6,7). The van der Waals surface area contributed by atoms with Gasteiger partial charge in [-0.2, -0.15) is 18.3 Å². The fourth-order valence-corrected chi connectivity index (χ4v) is 2.77. The van der Waals surface area contributed by atoms with Crippen molar-refractivity contribution in [3.63, 3.8) is 0 Å². The van der Waals surface area contributed by atoms with Gasteiger partial charge in [-0.05, 0) is 24.3 Å². The Bertz CT molecular complexity index is 1210. The Morgan fingerprint density at radius 3 is 2.33 bits per heavy atom. The number of carboxylic acid groups (broad SMARTS) is 1. The molecule has 1 amide bonds. The molecule has 30 heavy (non-hydrogen) atoms. The van der Waals surface area contributed by atoms with E-state index in [0.717, 1.165) is 21.9 Å². The van der Waals surface area contributed by atoms with Crippen molar-refractivity contribution < 1.29 is 27.9 Å². The summed E-state index contributed by atoms with van der Waals surface area (Å²) in [5, 5.41) is 15.3. The van der Waals surface area contributed by atoms with Crippen LogP contribution in [0.25, 0.3) is 21.9 Å². The van der Waals surface area contributed by atoms with E-state index in [2.05, 4.69) is 15.4 Å². The zero-order valence-corrected chi connectivity index (χ0v) is 15.6. The number of hydrogen-bond donors (Lipinski definition) is 2. The highest BCUT2D eigenvalue weighted by Crippen LogP contribution is 2.22. The number of carbonyl (C=O) groups excluding carboxylic acids is 1. The number of anilines is 1. The molecule has 0 spiro atoms. The molecule has 2 aromatic carbocycles. The third-order valence-electron chi connectivity index (χ3n) is 4.10. The van der Waals surface area contributed by atoms with E-state index in [1.54, 1.807) is 11.0 Å². The maximum atomic E-state index is 12.4. The van der Waals surface area contributed by atoms with Gasteiger partial charge < -0.3 is 15.0 Å². The highest BCUT2D eigenvalue weighted by Gasteiger charge is 2.38. The Labute approximate surface area is 167 Å². The van der Waals surface area contributed by atoms with E-state index in [4.69, 9.17) is 9.90 Å². The maximum Gasteiger partial charge on any atom is 0.490 e. The van der Waals surface area contributed by atoms with Crippen LogP contribution in [0.1, 0.15) is 0 Å². The summed E-state index contributed by atoms with van der Waals surface area (Å²) in [5.74, 6) is -2.30. The van der Waals surface area contributed by atoms with E-state index >= 15 is 0 Å². The molecule has 2 heterocycles. The van der Waals surface area contributed by atoms with Crippen molar-refractivity contribution in [1.82, 2.24) is 19.3 Å². The number of halogens is 3. The number of hydrogen-bond acceptors (Lipinski definition) is 4. The number of carbonyl (C=O) groups is 2. The molecule has 0 fully saturated rings. The SMILES string of the molecule is Cn1nc(NC(=O)Cn2cnc3ccccc32)c2ccccc21.O=C(O)C(F)(F)F. The van der Waals surface area contributed by atoms with Crippen LogP contribution < -0.4 is 5.32 Å². The number of rotatable bonds is 3. The Morgan fingerprint density at radius 1 is 1.07 bits per heavy atom. The molecule has 0 aliphatic rings. The minimum absolute atomic E-state index is 0.128. The molecule has 4 aromatic rings. The predicted octanol–water partition coefficient (Wildman–Crippen LogP) is 3.20. The maximum absolute atomic E-state index is 12.4. The molecule has 0 aliphatic heterocycles. The van der Waals surface area contributed by atoms with Crippen LogP contribution in [0.5, 0.6) is 0 Å². The first-order chi connectivity index (χ1) is 14.2. The van der Waals surface area contributed by atoms with Gasteiger partial charge in [-0.15, -0.1) is 0 Å². The summed E-state index contributed by atoms with van der Waals surface area (Å²) in [6.07, 6.45) is -3.40. The van der Waals surface area contributed by atoms with Crippen LogP contribution in [0.2, 0.25) is 0 Å². The van der Waals surface area contributed by atoms with Gasteiger partial charge in [0.25, 0.3) is 0 Å². The van der Waals surface area contributed by atoms with Crippen molar-refractivity contribution in [2.24, 2.45) is 7.05 Å². The van der Waals surface area contributed by atoms with Gasteiger partial charge in [0.05, 0.1) is 22.9 Å². The lowest BCUT2D eigenvalue weighted by Gasteiger charge is -2.05. The average molecular weight is 419 g/mol. The summed E-state index contributed by atoms with van der Waals surface area (Å²) < 4.78 is 35.3. The molecule has 0 atom stereocenters. The number of imidazole rings is 1. The molecule has 0 saturated carbocycles. The number of alkyl halides is 3. The summed E-state index contributed by atoms with van der Waals surface area (Å²) in [6.45, 7) is 0.200. The number of amides is 1. The first kappa shape index (κ1) is 20.8. The van der Waals surface area contributed by atoms with Gasteiger partial charge in [-0.25, -0.2) is 9.78 Å². The van der Waals surface area contributed by atoms with Crippen LogP contribution in [0.4, 0.5) is 19.0 Å². The fraction of sp³-hybridized carbons (Fsp3) is 0.158. The topological polar surface area (TPSA) is 102 Å². The summed E-state index contributed by atoms with van der Waals surface area (Å²) in [5.41, 5.74) is 2.80. The van der Waals surface area contributed by atoms with E-state index in [1.165, 1.54) is 0 Å². The largest absolute Gasteiger partial charge is 0.490 e. The second-order valence-electron chi connectivity index (χ2n) is 6.20. The smallest absolute Gasteiger partial charge is 0.475 e. The van der Waals surface area contributed by atoms with Crippen LogP contribution in [-0.4, -0.2) is 42.5 Å². The number of nitrogens with zero attached hydrogens (tertiary/aromatic N) is 4. The lowest BCUT2D eigenvalue weighted by molar-refractivity contribution is -0.192. The number of aryl methyl sites for hydroxylation is 1. The second kappa shape index (κ2) is 8.23. The zero-order chi connectivity index (χ0) is 21.9. The van der Waals surface area contributed by atoms with E-state index < -0.39 is 12.1 Å². The number of benzene rings is 2. The van der Waals surface area contributed by atoms with E-state index in [-0.39, 0.29) is 12.5 Å². The Hall–Kier alpha value is -3.89. The molecule has 2 aromatic heterocycles. The normalized spacial score (nSPS) is 11.2. The summed E-state index contributed by atoms with van der Waals surface area (Å²) in [7, 11) is 1.86. The molecular formula is C19H16F3N5O3. The van der Waals surface area contributed by atoms with Crippen LogP contribution >= 0.6 is 0 Å². The number of fused-ring (bicyclic) bond motifs is 2. The lowest BCUT2D eigenvalue weighted by atomic mass is 10.2. The van der Waals surface area contributed by atoms with Gasteiger partial charge in [-0.1, -0.05) is 24.3 Å². The molecule has 0 unspecified atom stereocenters. The van der Waals surface area contributed by atoms with Gasteiger partial charge in [0.15, 0.2) is 5.82 Å². The first-order valence-electron chi connectivity index (χ1n) is 8.58. The average Bonchev–Trinajstić information content (AvgIpc) is 3.23. The number of aromatic nitrogens is 4. The first-order valence-corrected chi connectivity index (χ1v) is 8.58. The zero-order valence-electron chi connectivity index (χ0n) is 15.6. The van der Waals surface area contributed by atoms with Crippen LogP contribution in [-0.2, 0) is 23.2 Å². The highest BCUT2D eigenvalue weighted by atomic mass is 19.4. The third-order valence-corrected chi connectivity index (χ3v) is 4.10. The second-order valence-corrected chi connectivity index (χ2v) is 6.20. The molecule has 0 aliphatic carbocycles. The van der Waals surface area contributed by atoms with Gasteiger partial charge in [-0.3, -0.25) is 9.48 Å². The summed E-state index contributed by atoms with van der Waals surface area (Å²) in [4.78, 5) is 25.6. The number of nitrogens with one attached hydrogen (secondary N) is 1. The third kappa shape index (κ3) is 4.57. The van der Waals surface area contributed by atoms with Gasteiger partial charge in [0.2, 0.25) is 5.91 Å². The molecule has 8 nitrogen and oxygen atoms in total. The van der Waals surface area contributed by atoms with Crippen molar-refractivity contribution in [3.05, 3.63) is 54.9 Å². The minimum Gasteiger partial charge on any atom is -0.475 e. The van der Waals surface area contributed by atoms with E-state index in [1.807, 2.05) is 60.1 Å². The minimum atomic E-state index is -5.08. The predicted molar refractivity (Wildman–Crippen MR) is 103 cm³/mol. The quantitative estimate of drug-likeness (QED) is 0.531. The number of para-hydroxylation sites is 3. The molecule has 2 N–H and O–H groups in total. The molecule has 4 rings (SSSR count). The molecular weight excluding hydrogens is 403 g/mol. The monoisotopic (exact) mass is 419 g/mol. The molecule has 0 radical (unpaired) electrons. The van der Waals surface area contributed by atoms with Crippen molar-refractivity contribution in [1.29, 1.82) is 0 Å². The number of aliphatic carboxylic acids is 1. The van der Waals surface area contributed by atoms with Crippen molar-refractivity contribution in [2.75, 3.05) is 5.32 Å². The van der Waals surface area contributed by atoms with Crippen molar-refractivity contribution in [2.45, 2.75) is 12.7 Å². The molecule has 0 bridgehead atoms. The fourth-order valence-electron chi connectivity index (χ4n) is 2.77. The Kier molecular flexibility index (Phi) is 5.72. The van der Waals surface area contributed by atoms with Crippen molar-refractivity contribution in [3.8, 4) is 0 Å². The van der Waals surface area contributed by atoms with Crippen molar-refractivity contribution >= 4 is 39.6 Å². The Balaban J connectivity index is 0.000000318. The molecule has 156 valence electrons. The highest BCUT2D eigenvalue weighted by molar-refractivity contribution is 6.00. The lowest BCUT2D eigenvalue weighted by Crippen LogP contribution is -2.21. The van der Waals surface area contributed by atoms with Gasteiger partial charge in [0.1, 0.15) is 6.54 Å². The van der Waals surface area contributed by atoms with Crippen LogP contribution in [0.3, 0.4) is 0 Å². The van der Waals surface area contributed by atoms with E-state index in [0.29, 0.717) is 5.82 Å². The van der Waals surface area contributed by atoms with E-state index in [9.17, 15) is 18.0 Å².